The van der Waals surface area contributed by atoms with Gasteiger partial charge in [0.05, 0.1) is 11.8 Å². The molecule has 0 aromatic carbocycles. The van der Waals surface area contributed by atoms with Crippen LogP contribution in [0.5, 0.6) is 5.88 Å². The zero-order valence-corrected chi connectivity index (χ0v) is 5.13. The SMILES string of the molecule is C/C=C\c1cn[nH]c1O. The average Bonchev–Trinajstić information content (AvgIpc) is 2.18. The van der Waals surface area contributed by atoms with Crippen molar-refractivity contribution in [2.24, 2.45) is 0 Å². The summed E-state index contributed by atoms with van der Waals surface area (Å²) in [6.45, 7) is 1.88. The van der Waals surface area contributed by atoms with Crippen LogP contribution >= 0.6 is 0 Å². The highest BCUT2D eigenvalue weighted by atomic mass is 16.3. The second kappa shape index (κ2) is 2.35. The minimum atomic E-state index is 0.119. The fourth-order valence-corrected chi connectivity index (χ4v) is 0.590. The fourth-order valence-electron chi connectivity index (χ4n) is 0.590. The molecule has 1 heterocycles. The molecule has 3 heteroatoms. The number of H-pyrrole nitrogens is 1. The van der Waals surface area contributed by atoms with Crippen LogP contribution in [-0.2, 0) is 0 Å². The second-order valence-corrected chi connectivity index (χ2v) is 1.67. The first-order valence-corrected chi connectivity index (χ1v) is 2.69. The summed E-state index contributed by atoms with van der Waals surface area (Å²) in [6, 6.07) is 0. The minimum absolute atomic E-state index is 0.119. The Morgan fingerprint density at radius 3 is 3.00 bits per heavy atom. The van der Waals surface area contributed by atoms with Crippen molar-refractivity contribution in [1.82, 2.24) is 10.2 Å². The van der Waals surface area contributed by atoms with E-state index in [1.807, 2.05) is 13.0 Å². The highest BCUT2D eigenvalue weighted by Crippen LogP contribution is 2.11. The van der Waals surface area contributed by atoms with E-state index in [4.69, 9.17) is 5.11 Å². The monoisotopic (exact) mass is 124 g/mol. The molecule has 1 aromatic rings. The molecule has 0 aliphatic carbocycles. The number of hydrogen-bond donors (Lipinski definition) is 2. The highest BCUT2D eigenvalue weighted by molar-refractivity contribution is 5.52. The molecule has 3 nitrogen and oxygen atoms in total. The third-order valence-corrected chi connectivity index (χ3v) is 0.994. The van der Waals surface area contributed by atoms with E-state index in [9.17, 15) is 0 Å². The van der Waals surface area contributed by atoms with Gasteiger partial charge in [-0.1, -0.05) is 12.2 Å². The van der Waals surface area contributed by atoms with E-state index in [0.29, 0.717) is 0 Å². The van der Waals surface area contributed by atoms with E-state index in [0.717, 1.165) is 5.56 Å². The maximum atomic E-state index is 8.91. The topological polar surface area (TPSA) is 48.9 Å². The number of aromatic amines is 1. The summed E-state index contributed by atoms with van der Waals surface area (Å²) in [6.07, 6.45) is 5.18. The van der Waals surface area contributed by atoms with Gasteiger partial charge in [-0.2, -0.15) is 5.10 Å². The molecule has 2 N–H and O–H groups in total. The summed E-state index contributed by atoms with van der Waals surface area (Å²) in [7, 11) is 0. The van der Waals surface area contributed by atoms with Crippen molar-refractivity contribution in [3.63, 3.8) is 0 Å². The molecule has 0 bridgehead atoms. The summed E-state index contributed by atoms with van der Waals surface area (Å²) in [5, 5.41) is 14.9. The van der Waals surface area contributed by atoms with Crippen LogP contribution in [0, 0.1) is 0 Å². The molecular formula is C6H8N2O. The van der Waals surface area contributed by atoms with Crippen molar-refractivity contribution < 1.29 is 5.11 Å². The first-order valence-electron chi connectivity index (χ1n) is 2.69. The van der Waals surface area contributed by atoms with Crippen molar-refractivity contribution in [1.29, 1.82) is 0 Å². The Balaban J connectivity index is 2.94. The zero-order valence-electron chi connectivity index (χ0n) is 5.13. The largest absolute Gasteiger partial charge is 0.493 e. The van der Waals surface area contributed by atoms with Gasteiger partial charge in [0.1, 0.15) is 0 Å². The quantitative estimate of drug-likeness (QED) is 0.590. The third-order valence-electron chi connectivity index (χ3n) is 0.994. The summed E-state index contributed by atoms with van der Waals surface area (Å²) in [5.74, 6) is 0.119. The number of allylic oxidation sites excluding steroid dienone is 1. The van der Waals surface area contributed by atoms with Crippen molar-refractivity contribution in [2.75, 3.05) is 0 Å². The van der Waals surface area contributed by atoms with Crippen molar-refractivity contribution >= 4 is 6.08 Å². The molecule has 0 spiro atoms. The molecule has 0 saturated carbocycles. The summed E-state index contributed by atoms with van der Waals surface area (Å²) >= 11 is 0. The normalized spacial score (nSPS) is 10.8. The Bertz CT molecular complexity index is 215. The van der Waals surface area contributed by atoms with Gasteiger partial charge in [0.15, 0.2) is 0 Å². The van der Waals surface area contributed by atoms with Crippen LogP contribution < -0.4 is 0 Å². The number of rotatable bonds is 1. The number of nitrogens with zero attached hydrogens (tertiary/aromatic N) is 1. The predicted molar refractivity (Wildman–Crippen MR) is 35.0 cm³/mol. The van der Waals surface area contributed by atoms with Gasteiger partial charge in [0.25, 0.3) is 0 Å². The smallest absolute Gasteiger partial charge is 0.214 e. The first kappa shape index (κ1) is 5.88. The molecule has 0 radical (unpaired) electrons. The lowest BCUT2D eigenvalue weighted by Gasteiger charge is -1.82. The van der Waals surface area contributed by atoms with Gasteiger partial charge in [-0.3, -0.25) is 0 Å². The molecule has 0 aliphatic heterocycles. The summed E-state index contributed by atoms with van der Waals surface area (Å²) in [5.41, 5.74) is 0.720. The molecule has 0 unspecified atom stereocenters. The number of nitrogens with one attached hydrogen (secondary N) is 1. The molecule has 48 valence electrons. The predicted octanol–water partition coefficient (Wildman–Crippen LogP) is 1.15. The van der Waals surface area contributed by atoms with Gasteiger partial charge in [-0.25, -0.2) is 5.10 Å². The van der Waals surface area contributed by atoms with Gasteiger partial charge in [-0.05, 0) is 6.92 Å². The third kappa shape index (κ3) is 1.10. The lowest BCUT2D eigenvalue weighted by molar-refractivity contribution is 0.451. The number of aromatic nitrogens is 2. The number of hydrogen-bond acceptors (Lipinski definition) is 2. The maximum Gasteiger partial charge on any atom is 0.214 e. The van der Waals surface area contributed by atoms with Gasteiger partial charge < -0.3 is 5.11 Å². The van der Waals surface area contributed by atoms with Gasteiger partial charge in [-0.15, -0.1) is 0 Å². The highest BCUT2D eigenvalue weighted by Gasteiger charge is 1.94. The first-order chi connectivity index (χ1) is 4.34. The van der Waals surface area contributed by atoms with Gasteiger partial charge in [0.2, 0.25) is 5.88 Å². The van der Waals surface area contributed by atoms with Crippen LogP contribution in [0.1, 0.15) is 12.5 Å². The van der Waals surface area contributed by atoms with Crippen LogP contribution in [-0.4, -0.2) is 15.3 Å². The molecule has 1 aromatic heterocycles. The second-order valence-electron chi connectivity index (χ2n) is 1.67. The minimum Gasteiger partial charge on any atom is -0.493 e. The van der Waals surface area contributed by atoms with Crippen LogP contribution in [0.25, 0.3) is 6.08 Å². The van der Waals surface area contributed by atoms with E-state index in [1.165, 1.54) is 0 Å². The van der Waals surface area contributed by atoms with Gasteiger partial charge >= 0.3 is 0 Å². The lowest BCUT2D eigenvalue weighted by atomic mass is 10.3. The van der Waals surface area contributed by atoms with E-state index in [-0.39, 0.29) is 5.88 Å². The zero-order chi connectivity index (χ0) is 6.69. The van der Waals surface area contributed by atoms with Crippen LogP contribution in [0.15, 0.2) is 12.3 Å². The summed E-state index contributed by atoms with van der Waals surface area (Å²) < 4.78 is 0. The van der Waals surface area contributed by atoms with Crippen LogP contribution in [0.2, 0.25) is 0 Å². The van der Waals surface area contributed by atoms with Crippen molar-refractivity contribution in [3.8, 4) is 5.88 Å². The molecule has 1 rings (SSSR count). The maximum absolute atomic E-state index is 8.91. The Kier molecular flexibility index (Phi) is 1.53. The van der Waals surface area contributed by atoms with Crippen LogP contribution in [0.4, 0.5) is 0 Å². The molecule has 0 amide bonds. The number of aromatic hydroxyl groups is 1. The molecule has 0 atom stereocenters. The van der Waals surface area contributed by atoms with Gasteiger partial charge in [0, 0.05) is 0 Å². The Hall–Kier alpha value is -1.25. The molecule has 9 heavy (non-hydrogen) atoms. The summed E-state index contributed by atoms with van der Waals surface area (Å²) in [4.78, 5) is 0. The van der Waals surface area contributed by atoms with Crippen LogP contribution in [0.3, 0.4) is 0 Å². The van der Waals surface area contributed by atoms with E-state index in [1.54, 1.807) is 12.3 Å². The van der Waals surface area contributed by atoms with E-state index in [2.05, 4.69) is 10.2 Å². The Morgan fingerprint density at radius 2 is 2.56 bits per heavy atom. The Labute approximate surface area is 53.0 Å². The van der Waals surface area contributed by atoms with E-state index >= 15 is 0 Å². The fraction of sp³-hybridized carbons (Fsp3) is 0.167. The lowest BCUT2D eigenvalue weighted by Crippen LogP contribution is -1.64. The molecule has 0 saturated heterocycles. The molecule has 0 fully saturated rings. The van der Waals surface area contributed by atoms with Crippen molar-refractivity contribution in [3.05, 3.63) is 17.8 Å². The molecular weight excluding hydrogens is 116 g/mol. The standard InChI is InChI=1S/C6H8N2O/c1-2-3-5-4-7-8-6(5)9/h2-4H,1H3,(H2,7,8,9)/b3-2-. The van der Waals surface area contributed by atoms with Crippen molar-refractivity contribution in [2.45, 2.75) is 6.92 Å². The average molecular weight is 124 g/mol. The van der Waals surface area contributed by atoms with E-state index < -0.39 is 0 Å². The Morgan fingerprint density at radius 1 is 1.78 bits per heavy atom. The molecule has 0 aliphatic rings.